The highest BCUT2D eigenvalue weighted by Crippen LogP contribution is 2.44. The Balaban J connectivity index is 1.50. The van der Waals surface area contributed by atoms with E-state index in [-0.39, 0.29) is 17.9 Å². The summed E-state index contributed by atoms with van der Waals surface area (Å²) in [6.45, 7) is 9.14. The van der Waals surface area contributed by atoms with Crippen molar-refractivity contribution in [1.29, 1.82) is 5.26 Å². The summed E-state index contributed by atoms with van der Waals surface area (Å²) >= 11 is 0. The van der Waals surface area contributed by atoms with E-state index in [0.29, 0.717) is 35.6 Å². The maximum Gasteiger partial charge on any atom is 0.419 e. The molecule has 1 aliphatic rings. The van der Waals surface area contributed by atoms with Crippen molar-refractivity contribution in [2.24, 2.45) is 5.92 Å². The Labute approximate surface area is 252 Å². The molecule has 0 saturated heterocycles. The van der Waals surface area contributed by atoms with Crippen LogP contribution in [0, 0.1) is 24.2 Å². The summed E-state index contributed by atoms with van der Waals surface area (Å²) < 4.78 is 53.8. The van der Waals surface area contributed by atoms with E-state index < -0.39 is 18.1 Å². The van der Waals surface area contributed by atoms with Gasteiger partial charge in [0.2, 0.25) is 0 Å². The number of hydrogen-bond donors (Lipinski definition) is 1. The first-order valence-corrected chi connectivity index (χ1v) is 14.8. The van der Waals surface area contributed by atoms with Gasteiger partial charge < -0.3 is 14.8 Å². The van der Waals surface area contributed by atoms with E-state index in [2.05, 4.69) is 42.0 Å². The molecule has 1 unspecified atom stereocenters. The average Bonchev–Trinajstić information content (AvgIpc) is 3.85. The molecule has 1 aromatic heterocycles. The molecule has 0 bridgehead atoms. The second-order valence-corrected chi connectivity index (χ2v) is 11.6. The molecule has 6 nitrogen and oxygen atoms in total. The van der Waals surface area contributed by atoms with Crippen LogP contribution in [0.15, 0.2) is 54.9 Å². The second-order valence-electron chi connectivity index (χ2n) is 11.6. The number of pyridine rings is 1. The number of methoxy groups -OCH3 is 1. The average molecular weight is 595 g/mol. The summed E-state index contributed by atoms with van der Waals surface area (Å²) in [5, 5.41) is 13.1. The molecule has 1 atom stereocenters. The number of benzene rings is 2. The molecule has 1 heterocycles. The van der Waals surface area contributed by atoms with Gasteiger partial charge in [0.25, 0.3) is 0 Å². The van der Waals surface area contributed by atoms with Gasteiger partial charge in [-0.15, -0.1) is 0 Å². The fraction of sp³-hybridized carbons (Fsp3) is 0.471. The third-order valence-electron chi connectivity index (χ3n) is 8.42. The van der Waals surface area contributed by atoms with Gasteiger partial charge in [0, 0.05) is 37.3 Å². The summed E-state index contributed by atoms with van der Waals surface area (Å²) in [6.07, 6.45) is 2.52. The lowest BCUT2D eigenvalue weighted by atomic mass is 9.95. The van der Waals surface area contributed by atoms with Gasteiger partial charge in [0.1, 0.15) is 5.75 Å². The lowest BCUT2D eigenvalue weighted by molar-refractivity contribution is -0.138. The number of ether oxygens (including phenoxy) is 2. The van der Waals surface area contributed by atoms with E-state index in [4.69, 9.17) is 9.47 Å². The van der Waals surface area contributed by atoms with Crippen LogP contribution < -0.4 is 10.1 Å². The Hall–Kier alpha value is -3.61. The molecule has 0 aliphatic heterocycles. The maximum atomic E-state index is 14.0. The molecule has 1 N–H and O–H groups in total. The van der Waals surface area contributed by atoms with Gasteiger partial charge in [-0.05, 0) is 111 Å². The molecule has 2 aromatic carbocycles. The highest BCUT2D eigenvalue weighted by atomic mass is 19.4. The van der Waals surface area contributed by atoms with Crippen molar-refractivity contribution in [3.63, 3.8) is 0 Å². The smallest absolute Gasteiger partial charge is 0.419 e. The SMILES string of the molecule is CCCc1c(C#N)ccc(NC(OC)N(CCCOc2ccc(-c3ccncc3)cc2C(F)(F)F)C(C)(C)C2CC2)c1C. The molecule has 0 spiro atoms. The van der Waals surface area contributed by atoms with Crippen molar-refractivity contribution in [1.82, 2.24) is 9.88 Å². The van der Waals surface area contributed by atoms with Crippen molar-refractivity contribution in [2.75, 3.05) is 25.6 Å². The monoisotopic (exact) mass is 594 g/mol. The number of alkyl halides is 3. The third kappa shape index (κ3) is 7.67. The van der Waals surface area contributed by atoms with Crippen LogP contribution in [0.5, 0.6) is 5.75 Å². The molecule has 43 heavy (non-hydrogen) atoms. The topological polar surface area (TPSA) is 70.4 Å². The Morgan fingerprint density at radius 3 is 2.42 bits per heavy atom. The zero-order valence-corrected chi connectivity index (χ0v) is 25.6. The molecular weight excluding hydrogens is 553 g/mol. The Bertz CT molecular complexity index is 1420. The van der Waals surface area contributed by atoms with Gasteiger partial charge >= 0.3 is 6.18 Å². The molecule has 1 fully saturated rings. The number of nitrogens with zero attached hydrogens (tertiary/aromatic N) is 3. The third-order valence-corrected chi connectivity index (χ3v) is 8.42. The fourth-order valence-electron chi connectivity index (χ4n) is 5.74. The van der Waals surface area contributed by atoms with Crippen LogP contribution in [0.3, 0.4) is 0 Å². The first-order chi connectivity index (χ1) is 20.5. The quantitative estimate of drug-likeness (QED) is 0.150. The van der Waals surface area contributed by atoms with Crippen molar-refractivity contribution in [3.8, 4) is 22.9 Å². The minimum Gasteiger partial charge on any atom is -0.493 e. The van der Waals surface area contributed by atoms with Gasteiger partial charge in [0.15, 0.2) is 6.35 Å². The predicted octanol–water partition coefficient (Wildman–Crippen LogP) is 8.20. The summed E-state index contributed by atoms with van der Waals surface area (Å²) in [5.74, 6) is 0.305. The number of hydrogen-bond acceptors (Lipinski definition) is 6. The molecule has 1 saturated carbocycles. The number of halogens is 3. The Kier molecular flexibility index (Phi) is 10.4. The zero-order chi connectivity index (χ0) is 31.2. The Morgan fingerprint density at radius 1 is 1.09 bits per heavy atom. The van der Waals surface area contributed by atoms with E-state index in [9.17, 15) is 18.4 Å². The van der Waals surface area contributed by atoms with Crippen molar-refractivity contribution >= 4 is 5.69 Å². The van der Waals surface area contributed by atoms with Crippen molar-refractivity contribution in [3.05, 3.63) is 77.1 Å². The molecule has 4 rings (SSSR count). The summed E-state index contributed by atoms with van der Waals surface area (Å²) in [4.78, 5) is 6.18. The van der Waals surface area contributed by atoms with Crippen LogP contribution in [0.25, 0.3) is 11.1 Å². The molecule has 0 amide bonds. The minimum absolute atomic E-state index is 0.113. The number of rotatable bonds is 14. The molecule has 9 heteroatoms. The first kappa shape index (κ1) is 32.3. The van der Waals surface area contributed by atoms with E-state index >= 15 is 0 Å². The molecular formula is C34H41F3N4O2. The van der Waals surface area contributed by atoms with Gasteiger partial charge in [-0.3, -0.25) is 9.88 Å². The highest BCUT2D eigenvalue weighted by molar-refractivity contribution is 5.65. The minimum atomic E-state index is -4.56. The van der Waals surface area contributed by atoms with Crippen LogP contribution in [0.4, 0.5) is 18.9 Å². The number of aromatic nitrogens is 1. The van der Waals surface area contributed by atoms with Crippen LogP contribution in [-0.4, -0.2) is 42.0 Å². The largest absolute Gasteiger partial charge is 0.493 e. The van der Waals surface area contributed by atoms with Crippen LogP contribution >= 0.6 is 0 Å². The van der Waals surface area contributed by atoms with Gasteiger partial charge in [-0.1, -0.05) is 19.4 Å². The summed E-state index contributed by atoms with van der Waals surface area (Å²) in [5.41, 5.74) is 3.71. The van der Waals surface area contributed by atoms with Crippen LogP contribution in [0.2, 0.25) is 0 Å². The van der Waals surface area contributed by atoms with Crippen molar-refractivity contribution < 1.29 is 22.6 Å². The van der Waals surface area contributed by atoms with E-state index in [1.54, 1.807) is 37.7 Å². The normalized spacial score (nSPS) is 14.4. The van der Waals surface area contributed by atoms with Crippen LogP contribution in [-0.2, 0) is 17.3 Å². The van der Waals surface area contributed by atoms with E-state index in [1.165, 1.54) is 6.07 Å². The maximum absolute atomic E-state index is 14.0. The van der Waals surface area contributed by atoms with E-state index in [1.807, 2.05) is 19.1 Å². The molecule has 3 aromatic rings. The molecule has 1 aliphatic carbocycles. The number of nitriles is 1. The second kappa shape index (κ2) is 13.8. The highest BCUT2D eigenvalue weighted by Gasteiger charge is 2.44. The lowest BCUT2D eigenvalue weighted by Crippen LogP contribution is -2.55. The predicted molar refractivity (Wildman–Crippen MR) is 163 cm³/mol. The van der Waals surface area contributed by atoms with Crippen LogP contribution in [0.1, 0.15) is 68.7 Å². The summed E-state index contributed by atoms with van der Waals surface area (Å²) in [6, 6.07) is 13.6. The molecule has 230 valence electrons. The molecule has 0 radical (unpaired) electrons. The number of anilines is 1. The lowest BCUT2D eigenvalue weighted by Gasteiger charge is -2.44. The summed E-state index contributed by atoms with van der Waals surface area (Å²) in [7, 11) is 1.65. The standard InChI is InChI=1S/C34H41F3N4O2/c1-6-8-28-23(2)30(13-9-26(28)22-38)40-32(42-5)41(33(3,4)27-11-12-27)19-7-20-43-31-14-10-25(21-29(31)34(35,36)37)24-15-17-39-18-16-24/h9-10,13-18,21,27,32,40H,6-8,11-12,19-20H2,1-5H3. The number of nitrogens with one attached hydrogen (secondary N) is 1. The fourth-order valence-corrected chi connectivity index (χ4v) is 5.74. The Morgan fingerprint density at radius 2 is 1.81 bits per heavy atom. The van der Waals surface area contributed by atoms with Crippen molar-refractivity contribution in [2.45, 2.75) is 77.9 Å². The van der Waals surface area contributed by atoms with E-state index in [0.717, 1.165) is 48.6 Å². The van der Waals surface area contributed by atoms with Gasteiger partial charge in [0.05, 0.1) is 23.8 Å². The zero-order valence-electron chi connectivity index (χ0n) is 25.6. The van der Waals surface area contributed by atoms with Gasteiger partial charge in [-0.25, -0.2) is 0 Å². The van der Waals surface area contributed by atoms with Gasteiger partial charge in [-0.2, -0.15) is 18.4 Å². The first-order valence-electron chi connectivity index (χ1n) is 14.8.